The average molecular weight is 231 g/mol. The highest BCUT2D eigenvalue weighted by molar-refractivity contribution is 6.72. The molecular formula is C12H8BF2NO. The lowest BCUT2D eigenvalue weighted by atomic mass is 9.74. The first-order valence-corrected chi connectivity index (χ1v) is 5.20. The predicted octanol–water partition coefficient (Wildman–Crippen LogP) is 2.16. The van der Waals surface area contributed by atoms with Crippen molar-refractivity contribution < 1.29 is 13.4 Å². The smallest absolute Gasteiger partial charge is 0.517 e. The Morgan fingerprint density at radius 1 is 1.00 bits per heavy atom. The van der Waals surface area contributed by atoms with Crippen molar-refractivity contribution in [1.29, 1.82) is 0 Å². The predicted molar refractivity (Wildman–Crippen MR) is 62.4 cm³/mol. The zero-order valence-electron chi connectivity index (χ0n) is 8.78. The van der Waals surface area contributed by atoms with E-state index in [0.717, 1.165) is 11.8 Å². The van der Waals surface area contributed by atoms with Crippen LogP contribution in [0.1, 0.15) is 0 Å². The van der Waals surface area contributed by atoms with Crippen LogP contribution in [0.15, 0.2) is 42.5 Å². The Bertz CT molecular complexity index is 531. The molecule has 1 aliphatic rings. The molecule has 0 aliphatic carbocycles. The Hall–Kier alpha value is -2.04. The SMILES string of the molecule is Fc1cc(F)cc(B2Nc3ccccc3O2)c1. The fourth-order valence-electron chi connectivity index (χ4n) is 1.86. The molecule has 0 unspecified atom stereocenters. The number of anilines is 1. The maximum atomic E-state index is 13.1. The molecule has 0 saturated carbocycles. The van der Waals surface area contributed by atoms with Gasteiger partial charge >= 0.3 is 7.05 Å². The number of fused-ring (bicyclic) bond motifs is 1. The molecule has 0 atom stereocenters. The van der Waals surface area contributed by atoms with Crippen molar-refractivity contribution in [3.63, 3.8) is 0 Å². The minimum atomic E-state index is -0.610. The van der Waals surface area contributed by atoms with E-state index in [4.69, 9.17) is 4.65 Å². The van der Waals surface area contributed by atoms with Crippen LogP contribution in [-0.2, 0) is 0 Å². The highest BCUT2D eigenvalue weighted by Crippen LogP contribution is 2.29. The third kappa shape index (κ3) is 1.84. The number of halogens is 2. The highest BCUT2D eigenvalue weighted by Gasteiger charge is 2.30. The van der Waals surface area contributed by atoms with Gasteiger partial charge < -0.3 is 9.88 Å². The summed E-state index contributed by atoms with van der Waals surface area (Å²) in [5, 5.41) is 3.05. The van der Waals surface area contributed by atoms with Crippen LogP contribution in [0.25, 0.3) is 0 Å². The number of benzene rings is 2. The molecule has 0 aromatic heterocycles. The zero-order chi connectivity index (χ0) is 11.8. The Morgan fingerprint density at radius 2 is 1.71 bits per heavy atom. The summed E-state index contributed by atoms with van der Waals surface area (Å²) in [7, 11) is -0.544. The number of para-hydroxylation sites is 2. The lowest BCUT2D eigenvalue weighted by molar-refractivity contribution is 0.580. The average Bonchev–Trinajstić information content (AvgIpc) is 2.71. The zero-order valence-corrected chi connectivity index (χ0v) is 8.78. The van der Waals surface area contributed by atoms with Gasteiger partial charge in [-0.1, -0.05) is 12.1 Å². The minimum Gasteiger partial charge on any atom is -0.536 e. The monoisotopic (exact) mass is 231 g/mol. The third-order valence-corrected chi connectivity index (χ3v) is 2.61. The first kappa shape index (κ1) is 10.1. The Kier molecular flexibility index (Phi) is 2.25. The summed E-state index contributed by atoms with van der Waals surface area (Å²) in [5.74, 6) is -0.537. The van der Waals surface area contributed by atoms with Gasteiger partial charge in [-0.25, -0.2) is 8.78 Å². The molecule has 0 saturated heterocycles. The van der Waals surface area contributed by atoms with E-state index in [0.29, 0.717) is 11.2 Å². The first-order chi connectivity index (χ1) is 8.22. The van der Waals surface area contributed by atoms with Gasteiger partial charge in [-0.15, -0.1) is 0 Å². The molecule has 1 N–H and O–H groups in total. The van der Waals surface area contributed by atoms with Crippen LogP contribution in [0.4, 0.5) is 14.5 Å². The maximum Gasteiger partial charge on any atom is 0.517 e. The molecule has 5 heteroatoms. The second-order valence-corrected chi connectivity index (χ2v) is 3.84. The Labute approximate surface area is 97.4 Å². The van der Waals surface area contributed by atoms with E-state index < -0.39 is 18.7 Å². The molecule has 0 radical (unpaired) electrons. The molecular weight excluding hydrogens is 223 g/mol. The van der Waals surface area contributed by atoms with Crippen molar-refractivity contribution in [2.75, 3.05) is 5.23 Å². The molecule has 0 fully saturated rings. The van der Waals surface area contributed by atoms with E-state index in [9.17, 15) is 8.78 Å². The number of hydrogen-bond acceptors (Lipinski definition) is 2. The minimum absolute atomic E-state index is 0.429. The van der Waals surface area contributed by atoms with Crippen LogP contribution in [-0.4, -0.2) is 7.05 Å². The Morgan fingerprint density at radius 3 is 2.41 bits per heavy atom. The number of nitrogens with one attached hydrogen (secondary N) is 1. The van der Waals surface area contributed by atoms with Gasteiger partial charge in [-0.05, 0) is 29.7 Å². The van der Waals surface area contributed by atoms with Gasteiger partial charge in [0, 0.05) is 6.07 Å². The van der Waals surface area contributed by atoms with Crippen LogP contribution in [0.2, 0.25) is 0 Å². The lowest BCUT2D eigenvalue weighted by Crippen LogP contribution is -2.41. The van der Waals surface area contributed by atoms with E-state index in [-0.39, 0.29) is 0 Å². The molecule has 2 nitrogen and oxygen atoms in total. The summed E-state index contributed by atoms with van der Waals surface area (Å²) in [6, 6.07) is 10.7. The van der Waals surface area contributed by atoms with Gasteiger partial charge in [0.05, 0.1) is 5.69 Å². The lowest BCUT2D eigenvalue weighted by Gasteiger charge is -2.06. The van der Waals surface area contributed by atoms with Crippen molar-refractivity contribution >= 4 is 18.2 Å². The second-order valence-electron chi connectivity index (χ2n) is 3.84. The summed E-state index contributed by atoms with van der Waals surface area (Å²) in [5.41, 5.74) is 1.25. The standard InChI is InChI=1S/C12H8BF2NO/c14-9-5-8(6-10(15)7-9)13-16-11-3-1-2-4-12(11)17-13/h1-7,16H. The van der Waals surface area contributed by atoms with E-state index >= 15 is 0 Å². The molecule has 1 aliphatic heterocycles. The van der Waals surface area contributed by atoms with Gasteiger partial charge in [0.15, 0.2) is 0 Å². The van der Waals surface area contributed by atoms with Crippen molar-refractivity contribution in [3.05, 3.63) is 54.1 Å². The van der Waals surface area contributed by atoms with Crippen LogP contribution < -0.4 is 15.3 Å². The van der Waals surface area contributed by atoms with Crippen molar-refractivity contribution in [3.8, 4) is 5.75 Å². The summed E-state index contributed by atoms with van der Waals surface area (Å²) >= 11 is 0. The van der Waals surface area contributed by atoms with E-state index in [1.807, 2.05) is 18.2 Å². The third-order valence-electron chi connectivity index (χ3n) is 2.61. The molecule has 2 aromatic rings. The van der Waals surface area contributed by atoms with Gasteiger partial charge in [0.25, 0.3) is 0 Å². The fourth-order valence-corrected chi connectivity index (χ4v) is 1.86. The quantitative estimate of drug-likeness (QED) is 0.759. The van der Waals surface area contributed by atoms with E-state index in [2.05, 4.69) is 5.23 Å². The molecule has 17 heavy (non-hydrogen) atoms. The maximum absolute atomic E-state index is 13.1. The topological polar surface area (TPSA) is 21.3 Å². The second kappa shape index (κ2) is 3.77. The molecule has 0 amide bonds. The van der Waals surface area contributed by atoms with Crippen LogP contribution in [0.3, 0.4) is 0 Å². The van der Waals surface area contributed by atoms with Crippen molar-refractivity contribution in [1.82, 2.24) is 0 Å². The highest BCUT2D eigenvalue weighted by atomic mass is 19.1. The molecule has 1 heterocycles. The summed E-state index contributed by atoms with van der Waals surface area (Å²) < 4.78 is 31.7. The molecule has 2 aromatic carbocycles. The molecule has 3 rings (SSSR count). The first-order valence-electron chi connectivity index (χ1n) is 5.20. The van der Waals surface area contributed by atoms with Gasteiger partial charge in [0.2, 0.25) is 0 Å². The van der Waals surface area contributed by atoms with Crippen LogP contribution in [0, 0.1) is 11.6 Å². The fraction of sp³-hybridized carbons (Fsp3) is 0. The molecule has 0 spiro atoms. The van der Waals surface area contributed by atoms with Crippen molar-refractivity contribution in [2.45, 2.75) is 0 Å². The Balaban J connectivity index is 1.93. The van der Waals surface area contributed by atoms with Crippen molar-refractivity contribution in [2.24, 2.45) is 0 Å². The largest absolute Gasteiger partial charge is 0.536 e. The van der Waals surface area contributed by atoms with Gasteiger partial charge in [-0.2, -0.15) is 0 Å². The van der Waals surface area contributed by atoms with E-state index in [1.54, 1.807) is 6.07 Å². The molecule has 0 bridgehead atoms. The molecule has 84 valence electrons. The number of hydrogen-bond donors (Lipinski definition) is 1. The normalized spacial score (nSPS) is 12.9. The van der Waals surface area contributed by atoms with E-state index in [1.165, 1.54) is 12.1 Å². The van der Waals surface area contributed by atoms with Crippen LogP contribution >= 0.6 is 0 Å². The van der Waals surface area contributed by atoms with Gasteiger partial charge in [0.1, 0.15) is 17.4 Å². The van der Waals surface area contributed by atoms with Crippen LogP contribution in [0.5, 0.6) is 5.75 Å². The van der Waals surface area contributed by atoms with Gasteiger partial charge in [-0.3, -0.25) is 0 Å². The summed E-state index contributed by atoms with van der Waals surface area (Å²) in [6.07, 6.45) is 0. The summed E-state index contributed by atoms with van der Waals surface area (Å²) in [4.78, 5) is 0. The summed E-state index contributed by atoms with van der Waals surface area (Å²) in [6.45, 7) is 0. The number of rotatable bonds is 1.